The van der Waals surface area contributed by atoms with Gasteiger partial charge in [0.1, 0.15) is 29.5 Å². The summed E-state index contributed by atoms with van der Waals surface area (Å²) in [6.45, 7) is 1.82. The first-order valence-corrected chi connectivity index (χ1v) is 12.0. The summed E-state index contributed by atoms with van der Waals surface area (Å²) in [6, 6.07) is 3.29. The lowest BCUT2D eigenvalue weighted by atomic mass is 10.1. The molecule has 12 nitrogen and oxygen atoms in total. The third-order valence-electron chi connectivity index (χ3n) is 6.46. The number of nitrogens with one attached hydrogen (secondary N) is 1. The summed E-state index contributed by atoms with van der Waals surface area (Å²) in [7, 11) is 0. The molecule has 6 rings (SSSR count). The molecule has 1 aromatic carbocycles. The van der Waals surface area contributed by atoms with Crippen molar-refractivity contribution < 1.29 is 17.6 Å². The maximum Gasteiger partial charge on any atom is 0.435 e. The van der Waals surface area contributed by atoms with Gasteiger partial charge in [0.2, 0.25) is 0 Å². The number of imidazole rings is 1. The molecular formula is C23H16ClF4N11O. The maximum absolute atomic E-state index is 15.3. The fourth-order valence-corrected chi connectivity index (χ4v) is 4.91. The maximum atomic E-state index is 15.3. The van der Waals surface area contributed by atoms with E-state index in [4.69, 9.17) is 17.3 Å². The molecule has 0 saturated carbocycles. The molecule has 0 bridgehead atoms. The number of nitrogens with two attached hydrogens (primary N) is 1. The fourth-order valence-electron chi connectivity index (χ4n) is 4.75. The number of anilines is 1. The smallest absolute Gasteiger partial charge is 0.382 e. The Labute approximate surface area is 225 Å². The molecule has 0 spiro atoms. The number of hydrogen-bond donors (Lipinski definition) is 2. The van der Waals surface area contributed by atoms with E-state index in [1.807, 2.05) is 6.92 Å². The molecule has 0 unspecified atom stereocenters. The van der Waals surface area contributed by atoms with E-state index in [1.165, 1.54) is 33.9 Å². The zero-order valence-electron chi connectivity index (χ0n) is 20.2. The van der Waals surface area contributed by atoms with E-state index in [1.54, 1.807) is 0 Å². The van der Waals surface area contributed by atoms with E-state index < -0.39 is 35.0 Å². The quantitative estimate of drug-likeness (QED) is 0.306. The number of H-pyrrole nitrogens is 1. The minimum absolute atomic E-state index is 0.0151. The summed E-state index contributed by atoms with van der Waals surface area (Å²) < 4.78 is 58.6. The van der Waals surface area contributed by atoms with Crippen LogP contribution in [0.15, 0.2) is 41.7 Å². The lowest BCUT2D eigenvalue weighted by Gasteiger charge is -2.15. The van der Waals surface area contributed by atoms with Gasteiger partial charge in [-0.2, -0.15) is 17.9 Å². The van der Waals surface area contributed by atoms with E-state index in [9.17, 15) is 18.0 Å². The Bertz CT molecular complexity index is 1820. The van der Waals surface area contributed by atoms with Crippen molar-refractivity contribution in [3.8, 4) is 28.3 Å². The van der Waals surface area contributed by atoms with Crippen LogP contribution in [0.2, 0.25) is 5.02 Å². The number of halogens is 5. The van der Waals surface area contributed by atoms with Crippen molar-refractivity contribution in [2.75, 3.05) is 5.73 Å². The Morgan fingerprint density at radius 2 is 1.98 bits per heavy atom. The summed E-state index contributed by atoms with van der Waals surface area (Å²) in [5, 5.41) is 10.7. The van der Waals surface area contributed by atoms with E-state index in [0.717, 1.165) is 12.3 Å². The zero-order chi connectivity index (χ0) is 28.3. The predicted molar refractivity (Wildman–Crippen MR) is 132 cm³/mol. The largest absolute Gasteiger partial charge is 0.435 e. The van der Waals surface area contributed by atoms with Crippen LogP contribution in [-0.4, -0.2) is 49.7 Å². The minimum atomic E-state index is -4.81. The normalized spacial score (nSPS) is 16.9. The summed E-state index contributed by atoms with van der Waals surface area (Å²) in [4.78, 5) is 32.3. The highest BCUT2D eigenvalue weighted by molar-refractivity contribution is 6.31. The predicted octanol–water partition coefficient (Wildman–Crippen LogP) is 3.56. The van der Waals surface area contributed by atoms with Gasteiger partial charge >= 0.3 is 6.18 Å². The molecule has 0 saturated heterocycles. The van der Waals surface area contributed by atoms with Gasteiger partial charge in [0.15, 0.2) is 11.5 Å². The molecule has 1 aliphatic rings. The van der Waals surface area contributed by atoms with Gasteiger partial charge < -0.3 is 10.7 Å². The Hall–Kier alpha value is -4.73. The molecule has 17 heteroatoms. The summed E-state index contributed by atoms with van der Waals surface area (Å²) in [6.07, 6.45) is -1.02. The van der Waals surface area contributed by atoms with Crippen LogP contribution in [0.3, 0.4) is 0 Å². The number of nitrogen functional groups attached to an aromatic ring is 1. The van der Waals surface area contributed by atoms with Gasteiger partial charge in [0, 0.05) is 12.0 Å². The fraction of sp³-hybridized carbons (Fsp3) is 0.217. The highest BCUT2D eigenvalue weighted by Gasteiger charge is 2.39. The molecule has 0 fully saturated rings. The van der Waals surface area contributed by atoms with Crippen LogP contribution in [-0.2, 0) is 6.18 Å². The van der Waals surface area contributed by atoms with Crippen LogP contribution >= 0.6 is 11.6 Å². The lowest BCUT2D eigenvalue weighted by molar-refractivity contribution is -0.140. The van der Waals surface area contributed by atoms with Gasteiger partial charge in [-0.1, -0.05) is 18.5 Å². The second-order valence-electron chi connectivity index (χ2n) is 9.04. The van der Waals surface area contributed by atoms with Crippen LogP contribution in [0, 0.1) is 5.82 Å². The van der Waals surface area contributed by atoms with Crippen LogP contribution < -0.4 is 11.3 Å². The van der Waals surface area contributed by atoms with Gasteiger partial charge in [0.05, 0.1) is 46.1 Å². The van der Waals surface area contributed by atoms with Crippen LogP contribution in [0.1, 0.15) is 42.6 Å². The molecule has 40 heavy (non-hydrogen) atoms. The highest BCUT2D eigenvalue weighted by atomic mass is 35.5. The van der Waals surface area contributed by atoms with E-state index >= 15 is 4.39 Å². The summed E-state index contributed by atoms with van der Waals surface area (Å²) in [5.74, 6) is -0.952. The van der Waals surface area contributed by atoms with Crippen molar-refractivity contribution >= 4 is 17.4 Å². The van der Waals surface area contributed by atoms with Crippen LogP contribution in [0.4, 0.5) is 23.4 Å². The number of rotatable bonds is 4. The number of aromatic amines is 1. The molecule has 0 amide bonds. The van der Waals surface area contributed by atoms with Crippen molar-refractivity contribution in [3.63, 3.8) is 0 Å². The minimum Gasteiger partial charge on any atom is -0.382 e. The lowest BCUT2D eigenvalue weighted by Crippen LogP contribution is -2.25. The van der Waals surface area contributed by atoms with Crippen molar-refractivity contribution in [1.82, 2.24) is 49.7 Å². The van der Waals surface area contributed by atoms with Gasteiger partial charge in [-0.25, -0.2) is 24.3 Å². The molecule has 3 N–H and O–H groups in total. The summed E-state index contributed by atoms with van der Waals surface area (Å²) in [5.41, 5.74) is 3.23. The van der Waals surface area contributed by atoms with Gasteiger partial charge in [0.25, 0.3) is 5.56 Å². The number of tetrazole rings is 1. The second-order valence-corrected chi connectivity index (χ2v) is 9.45. The molecule has 0 aliphatic carbocycles. The van der Waals surface area contributed by atoms with Crippen molar-refractivity contribution in [1.29, 1.82) is 0 Å². The second kappa shape index (κ2) is 9.18. The average molecular weight is 574 g/mol. The first-order valence-electron chi connectivity index (χ1n) is 11.6. The Kier molecular flexibility index (Phi) is 5.86. The number of nitrogens with zero attached hydrogens (tertiary/aromatic N) is 9. The van der Waals surface area contributed by atoms with Crippen LogP contribution in [0.25, 0.3) is 28.3 Å². The Morgan fingerprint density at radius 1 is 1.18 bits per heavy atom. The molecule has 0 radical (unpaired) electrons. The topological polar surface area (TPSA) is 159 Å². The third-order valence-corrected chi connectivity index (χ3v) is 6.75. The Balaban J connectivity index is 1.44. The summed E-state index contributed by atoms with van der Waals surface area (Å²) >= 11 is 6.04. The molecule has 5 aromatic rings. The number of fused-ring (bicyclic) bond motifs is 1. The molecule has 204 valence electrons. The first-order chi connectivity index (χ1) is 19.0. The van der Waals surface area contributed by atoms with Gasteiger partial charge in [-0.3, -0.25) is 9.36 Å². The molecule has 4 aromatic heterocycles. The van der Waals surface area contributed by atoms with Gasteiger partial charge in [-0.15, -0.1) is 5.10 Å². The van der Waals surface area contributed by atoms with E-state index in [-0.39, 0.29) is 45.2 Å². The third kappa shape index (κ3) is 4.16. The van der Waals surface area contributed by atoms with Crippen LogP contribution in [0.5, 0.6) is 0 Å². The molecular weight excluding hydrogens is 558 g/mol. The van der Waals surface area contributed by atoms with Gasteiger partial charge in [-0.05, 0) is 29.0 Å². The number of aromatic nitrogens is 10. The number of hydrogen-bond acceptors (Lipinski definition) is 9. The molecule has 1 aliphatic heterocycles. The molecule has 5 heterocycles. The van der Waals surface area contributed by atoms with Crippen molar-refractivity contribution in [2.45, 2.75) is 31.5 Å². The average Bonchev–Trinajstić information content (AvgIpc) is 3.66. The van der Waals surface area contributed by atoms with Crippen molar-refractivity contribution in [2.24, 2.45) is 0 Å². The SMILES string of the molecule is C[C@H]1C[C@@H](c2ncc(-c3ncc(N)nc3C(F)(F)F)[nH]2)n2c1nc(-c1c(-n3cnnn3)ccc(Cl)c1F)cc2=O. The zero-order valence-corrected chi connectivity index (χ0v) is 21.0. The van der Waals surface area contributed by atoms with Crippen molar-refractivity contribution in [3.05, 3.63) is 75.5 Å². The number of benzene rings is 1. The number of alkyl halides is 3. The van der Waals surface area contributed by atoms with E-state index in [2.05, 4.69) is 40.4 Å². The highest BCUT2D eigenvalue weighted by Crippen LogP contribution is 2.40. The standard InChI is InChI=1S/C23H16ClF4N11O/c1-9-4-14(21-31-6-12(33-21)19-20(23(26,27)28)35-15(29)7-30-19)39-16(40)5-11(34-22(9)39)17-13(38-8-32-36-37-38)3-2-10(24)18(17)25/h2-3,5-9,14H,4H2,1H3,(H2,29,35)(H,31,33)/t9-,14-/m0/s1. The monoisotopic (exact) mass is 573 g/mol. The Morgan fingerprint density at radius 3 is 2.70 bits per heavy atom. The van der Waals surface area contributed by atoms with E-state index in [0.29, 0.717) is 12.2 Å². The molecule has 2 atom stereocenters. The first kappa shape index (κ1) is 25.5.